The van der Waals surface area contributed by atoms with Crippen molar-refractivity contribution >= 4 is 29.2 Å². The molecule has 0 aliphatic rings. The van der Waals surface area contributed by atoms with Gasteiger partial charge in [0, 0.05) is 5.69 Å². The van der Waals surface area contributed by atoms with Crippen molar-refractivity contribution in [3.8, 4) is 0 Å². The number of imide groups is 1. The van der Waals surface area contributed by atoms with Gasteiger partial charge in [0.25, 0.3) is 0 Å². The normalized spacial score (nSPS) is 11.8. The van der Waals surface area contributed by atoms with E-state index in [1.54, 1.807) is 6.07 Å². The summed E-state index contributed by atoms with van der Waals surface area (Å²) in [6.45, 7) is 5.35. The van der Waals surface area contributed by atoms with Crippen molar-refractivity contribution in [3.05, 3.63) is 29.3 Å². The third-order valence-electron chi connectivity index (χ3n) is 2.23. The molecule has 0 radical (unpaired) electrons. The van der Waals surface area contributed by atoms with Gasteiger partial charge < -0.3 is 5.32 Å². The first-order valence-corrected chi connectivity index (χ1v) is 5.67. The summed E-state index contributed by atoms with van der Waals surface area (Å²) < 4.78 is 0. The summed E-state index contributed by atoms with van der Waals surface area (Å²) in [6.07, 6.45) is 0. The van der Waals surface area contributed by atoms with Crippen LogP contribution in [0.3, 0.4) is 0 Å². The van der Waals surface area contributed by atoms with Crippen LogP contribution in [0.1, 0.15) is 18.1 Å². The number of aryl methyl sites for hydroxylation is 2. The minimum absolute atomic E-state index is 0.520. The summed E-state index contributed by atoms with van der Waals surface area (Å²) in [5, 5.41) is 4.01. The fourth-order valence-corrected chi connectivity index (χ4v) is 1.37. The highest BCUT2D eigenvalue weighted by Gasteiger charge is 2.13. The van der Waals surface area contributed by atoms with E-state index >= 15 is 0 Å². The number of carbonyl (C=O) groups is 2. The SMILES string of the molecule is Cc1ccc(NC(=O)NC(=O)[C@H](C)Cl)c(C)c1. The van der Waals surface area contributed by atoms with Crippen molar-refractivity contribution < 1.29 is 9.59 Å². The topological polar surface area (TPSA) is 58.2 Å². The Labute approximate surface area is 105 Å². The Balaban J connectivity index is 2.65. The molecule has 92 valence electrons. The maximum absolute atomic E-state index is 11.5. The number of carbonyl (C=O) groups excluding carboxylic acids is 2. The first-order valence-electron chi connectivity index (χ1n) is 5.23. The van der Waals surface area contributed by atoms with Crippen molar-refractivity contribution in [1.82, 2.24) is 5.32 Å². The molecule has 0 saturated carbocycles. The number of benzene rings is 1. The Hall–Kier alpha value is -1.55. The summed E-state index contributed by atoms with van der Waals surface area (Å²) in [4.78, 5) is 22.6. The molecule has 0 aromatic heterocycles. The Bertz CT molecular complexity index is 444. The molecule has 0 saturated heterocycles. The highest BCUT2D eigenvalue weighted by atomic mass is 35.5. The van der Waals surface area contributed by atoms with E-state index in [9.17, 15) is 9.59 Å². The number of rotatable bonds is 2. The van der Waals surface area contributed by atoms with Gasteiger partial charge in [0.1, 0.15) is 5.38 Å². The standard InChI is InChI=1S/C12H15ClN2O2/c1-7-4-5-10(8(2)6-7)14-12(17)15-11(16)9(3)13/h4-6,9H,1-3H3,(H2,14,15,16,17)/t9-/m0/s1. The Kier molecular flexibility index (Phi) is 4.52. The Morgan fingerprint density at radius 2 is 1.94 bits per heavy atom. The highest BCUT2D eigenvalue weighted by Crippen LogP contribution is 2.15. The van der Waals surface area contributed by atoms with E-state index < -0.39 is 17.3 Å². The van der Waals surface area contributed by atoms with E-state index in [4.69, 9.17) is 11.6 Å². The van der Waals surface area contributed by atoms with Gasteiger partial charge in [0.05, 0.1) is 0 Å². The molecular weight excluding hydrogens is 240 g/mol. The quantitative estimate of drug-likeness (QED) is 0.797. The fraction of sp³-hybridized carbons (Fsp3) is 0.333. The van der Waals surface area contributed by atoms with E-state index in [0.29, 0.717) is 5.69 Å². The van der Waals surface area contributed by atoms with Crippen LogP contribution in [0.15, 0.2) is 18.2 Å². The highest BCUT2D eigenvalue weighted by molar-refractivity contribution is 6.31. The molecule has 3 amide bonds. The summed E-state index contributed by atoms with van der Waals surface area (Å²) in [5.74, 6) is -0.520. The lowest BCUT2D eigenvalue weighted by atomic mass is 10.1. The molecule has 2 N–H and O–H groups in total. The second-order valence-corrected chi connectivity index (χ2v) is 4.53. The number of urea groups is 1. The zero-order valence-corrected chi connectivity index (χ0v) is 10.8. The molecule has 5 heteroatoms. The molecule has 0 aliphatic heterocycles. The van der Waals surface area contributed by atoms with Crippen LogP contribution in [-0.4, -0.2) is 17.3 Å². The maximum Gasteiger partial charge on any atom is 0.325 e. The van der Waals surface area contributed by atoms with Gasteiger partial charge in [0.15, 0.2) is 0 Å². The van der Waals surface area contributed by atoms with Crippen molar-refractivity contribution in [3.63, 3.8) is 0 Å². The monoisotopic (exact) mass is 254 g/mol. The molecule has 17 heavy (non-hydrogen) atoms. The second-order valence-electron chi connectivity index (χ2n) is 3.88. The summed E-state index contributed by atoms with van der Waals surface area (Å²) in [5.41, 5.74) is 2.72. The van der Waals surface area contributed by atoms with Crippen LogP contribution in [0, 0.1) is 13.8 Å². The zero-order chi connectivity index (χ0) is 13.0. The Morgan fingerprint density at radius 3 is 2.47 bits per heavy atom. The van der Waals surface area contributed by atoms with E-state index in [1.807, 2.05) is 26.0 Å². The van der Waals surface area contributed by atoms with Gasteiger partial charge in [-0.3, -0.25) is 10.1 Å². The molecule has 1 rings (SSSR count). The lowest BCUT2D eigenvalue weighted by Crippen LogP contribution is -2.38. The molecule has 4 nitrogen and oxygen atoms in total. The number of nitrogens with one attached hydrogen (secondary N) is 2. The van der Waals surface area contributed by atoms with E-state index in [0.717, 1.165) is 11.1 Å². The minimum Gasteiger partial charge on any atom is -0.307 e. The van der Waals surface area contributed by atoms with Crippen molar-refractivity contribution in [2.45, 2.75) is 26.1 Å². The lowest BCUT2D eigenvalue weighted by Gasteiger charge is -2.10. The van der Waals surface area contributed by atoms with Gasteiger partial charge in [-0.15, -0.1) is 11.6 Å². The van der Waals surface area contributed by atoms with Crippen LogP contribution < -0.4 is 10.6 Å². The third-order valence-corrected chi connectivity index (χ3v) is 2.43. The van der Waals surface area contributed by atoms with E-state index in [-0.39, 0.29) is 0 Å². The maximum atomic E-state index is 11.5. The molecule has 0 spiro atoms. The predicted molar refractivity (Wildman–Crippen MR) is 68.4 cm³/mol. The average molecular weight is 255 g/mol. The predicted octanol–water partition coefficient (Wildman–Crippen LogP) is 2.58. The third kappa shape index (κ3) is 4.07. The van der Waals surface area contributed by atoms with Crippen molar-refractivity contribution in [1.29, 1.82) is 0 Å². The zero-order valence-electron chi connectivity index (χ0n) is 10.0. The number of amides is 3. The van der Waals surface area contributed by atoms with Crippen molar-refractivity contribution in [2.24, 2.45) is 0 Å². The number of anilines is 1. The molecule has 0 fully saturated rings. The molecule has 0 heterocycles. The van der Waals surface area contributed by atoms with Crippen LogP contribution in [0.5, 0.6) is 0 Å². The first kappa shape index (κ1) is 13.5. The fourth-order valence-electron chi connectivity index (χ4n) is 1.32. The first-order chi connectivity index (χ1) is 7.90. The molecule has 0 aliphatic carbocycles. The number of hydrogen-bond acceptors (Lipinski definition) is 2. The average Bonchev–Trinajstić information content (AvgIpc) is 2.22. The summed E-state index contributed by atoms with van der Waals surface area (Å²) in [6, 6.07) is 5.05. The smallest absolute Gasteiger partial charge is 0.307 e. The van der Waals surface area contributed by atoms with Crippen LogP contribution in [-0.2, 0) is 4.79 Å². The van der Waals surface area contributed by atoms with Gasteiger partial charge in [0.2, 0.25) is 5.91 Å². The van der Waals surface area contributed by atoms with Gasteiger partial charge in [-0.25, -0.2) is 4.79 Å². The number of halogens is 1. The number of alkyl halides is 1. The van der Waals surface area contributed by atoms with Gasteiger partial charge in [-0.05, 0) is 32.4 Å². The number of hydrogen-bond donors (Lipinski definition) is 2. The lowest BCUT2D eigenvalue weighted by molar-refractivity contribution is -0.119. The molecule has 1 atom stereocenters. The van der Waals surface area contributed by atoms with Gasteiger partial charge >= 0.3 is 6.03 Å². The molecular formula is C12H15ClN2O2. The summed E-state index contributed by atoms with van der Waals surface area (Å²) in [7, 11) is 0. The summed E-state index contributed by atoms with van der Waals surface area (Å²) >= 11 is 5.54. The van der Waals surface area contributed by atoms with Crippen LogP contribution in [0.25, 0.3) is 0 Å². The van der Waals surface area contributed by atoms with Gasteiger partial charge in [-0.1, -0.05) is 17.7 Å². The second kappa shape index (κ2) is 5.68. The van der Waals surface area contributed by atoms with E-state index in [2.05, 4.69) is 10.6 Å². The van der Waals surface area contributed by atoms with Crippen LogP contribution in [0.4, 0.5) is 10.5 Å². The van der Waals surface area contributed by atoms with Gasteiger partial charge in [-0.2, -0.15) is 0 Å². The van der Waals surface area contributed by atoms with E-state index in [1.165, 1.54) is 6.92 Å². The molecule has 0 bridgehead atoms. The molecule has 0 unspecified atom stereocenters. The van der Waals surface area contributed by atoms with Crippen molar-refractivity contribution in [2.75, 3.05) is 5.32 Å². The van der Waals surface area contributed by atoms with Crippen LogP contribution in [0.2, 0.25) is 0 Å². The largest absolute Gasteiger partial charge is 0.325 e. The Morgan fingerprint density at radius 1 is 1.29 bits per heavy atom. The molecule has 1 aromatic carbocycles. The van der Waals surface area contributed by atoms with Crippen LogP contribution >= 0.6 is 11.6 Å². The minimum atomic E-state index is -0.736. The molecule has 1 aromatic rings.